The van der Waals surface area contributed by atoms with Crippen LogP contribution in [0.3, 0.4) is 0 Å². The van der Waals surface area contributed by atoms with E-state index in [-0.39, 0.29) is 16.9 Å². The summed E-state index contributed by atoms with van der Waals surface area (Å²) in [5.74, 6) is -1.03. The number of nitro groups is 1. The van der Waals surface area contributed by atoms with Crippen LogP contribution < -0.4 is 19.7 Å². The summed E-state index contributed by atoms with van der Waals surface area (Å²) >= 11 is 3.34. The summed E-state index contributed by atoms with van der Waals surface area (Å²) in [5, 5.41) is 13.1. The quantitative estimate of drug-likeness (QED) is 0.304. The second-order valence-corrected chi connectivity index (χ2v) is 6.82. The molecular formula is C19H14BrN3O7. The van der Waals surface area contributed by atoms with E-state index in [2.05, 4.69) is 21.2 Å². The van der Waals surface area contributed by atoms with Crippen LogP contribution in [0.1, 0.15) is 5.56 Å². The Morgan fingerprint density at radius 2 is 1.77 bits per heavy atom. The zero-order valence-electron chi connectivity index (χ0n) is 15.7. The van der Waals surface area contributed by atoms with E-state index in [4.69, 9.17) is 9.47 Å². The normalized spacial score (nSPS) is 15.2. The Kier molecular flexibility index (Phi) is 5.83. The van der Waals surface area contributed by atoms with Crippen LogP contribution in [0.15, 0.2) is 46.4 Å². The number of urea groups is 1. The third-order valence-electron chi connectivity index (χ3n) is 4.20. The Morgan fingerprint density at radius 3 is 2.40 bits per heavy atom. The molecule has 0 aliphatic carbocycles. The topological polar surface area (TPSA) is 128 Å². The van der Waals surface area contributed by atoms with Crippen molar-refractivity contribution in [1.29, 1.82) is 0 Å². The van der Waals surface area contributed by atoms with Gasteiger partial charge in [-0.1, -0.05) is 22.0 Å². The van der Waals surface area contributed by atoms with Gasteiger partial charge in [-0.05, 0) is 29.8 Å². The molecule has 2 aromatic carbocycles. The minimum atomic E-state index is -1.01. The van der Waals surface area contributed by atoms with Crippen molar-refractivity contribution < 1.29 is 28.8 Å². The Bertz CT molecular complexity index is 1110. The van der Waals surface area contributed by atoms with Gasteiger partial charge in [0.05, 0.1) is 24.8 Å². The van der Waals surface area contributed by atoms with Crippen LogP contribution in [0.2, 0.25) is 0 Å². The summed E-state index contributed by atoms with van der Waals surface area (Å²) in [4.78, 5) is 48.6. The van der Waals surface area contributed by atoms with Crippen molar-refractivity contribution in [2.24, 2.45) is 0 Å². The standard InChI is InChI=1S/C19H14BrN3O7/c1-29-15-7-10(14(20)9-16(15)30-2)6-13-17(24)21-19(26)22(18(13)25)11-4-3-5-12(8-11)23(27)28/h3-9H,1-2H3,(H,21,24,26)/b13-6+. The molecule has 154 valence electrons. The molecule has 30 heavy (non-hydrogen) atoms. The number of imide groups is 2. The number of amides is 4. The van der Waals surface area contributed by atoms with Gasteiger partial charge in [-0.25, -0.2) is 9.69 Å². The lowest BCUT2D eigenvalue weighted by molar-refractivity contribution is -0.384. The first-order valence-corrected chi connectivity index (χ1v) is 9.13. The van der Waals surface area contributed by atoms with E-state index in [1.807, 2.05) is 0 Å². The molecule has 0 saturated carbocycles. The number of halogens is 1. The first kappa shape index (κ1) is 21.0. The Labute approximate surface area is 178 Å². The number of nitro benzene ring substituents is 1. The number of ether oxygens (including phenoxy) is 2. The van der Waals surface area contributed by atoms with Crippen molar-refractivity contribution in [1.82, 2.24) is 5.32 Å². The van der Waals surface area contributed by atoms with Gasteiger partial charge in [0, 0.05) is 16.6 Å². The lowest BCUT2D eigenvalue weighted by Gasteiger charge is -2.26. The third-order valence-corrected chi connectivity index (χ3v) is 4.89. The lowest BCUT2D eigenvalue weighted by atomic mass is 10.1. The SMILES string of the molecule is COc1cc(Br)c(/C=C2\C(=O)NC(=O)N(c3cccc([N+](=O)[O-])c3)C2=O)cc1OC. The second kappa shape index (κ2) is 8.33. The maximum Gasteiger partial charge on any atom is 0.335 e. The van der Waals surface area contributed by atoms with E-state index in [0.717, 1.165) is 6.07 Å². The molecule has 1 aliphatic heterocycles. The van der Waals surface area contributed by atoms with Crippen LogP contribution in [0.5, 0.6) is 11.5 Å². The largest absolute Gasteiger partial charge is 0.493 e. The highest BCUT2D eigenvalue weighted by molar-refractivity contribution is 9.10. The summed E-state index contributed by atoms with van der Waals surface area (Å²) in [6, 6.07) is 7.11. The molecule has 11 heteroatoms. The van der Waals surface area contributed by atoms with Crippen molar-refractivity contribution in [3.63, 3.8) is 0 Å². The molecule has 0 unspecified atom stereocenters. The second-order valence-electron chi connectivity index (χ2n) is 5.96. The highest BCUT2D eigenvalue weighted by atomic mass is 79.9. The first-order valence-electron chi connectivity index (χ1n) is 8.34. The summed E-state index contributed by atoms with van der Waals surface area (Å²) in [5.41, 5.74) is -0.275. The number of carbonyl (C=O) groups is 3. The van der Waals surface area contributed by atoms with Crippen molar-refractivity contribution >= 4 is 51.2 Å². The van der Waals surface area contributed by atoms with Gasteiger partial charge < -0.3 is 9.47 Å². The number of carbonyl (C=O) groups excluding carboxylic acids is 3. The van der Waals surface area contributed by atoms with E-state index in [0.29, 0.717) is 26.4 Å². The van der Waals surface area contributed by atoms with Crippen molar-refractivity contribution in [2.75, 3.05) is 19.1 Å². The van der Waals surface area contributed by atoms with Crippen LogP contribution in [-0.4, -0.2) is 37.0 Å². The number of hydrogen-bond acceptors (Lipinski definition) is 7. The van der Waals surface area contributed by atoms with E-state index in [9.17, 15) is 24.5 Å². The maximum absolute atomic E-state index is 13.0. The highest BCUT2D eigenvalue weighted by Crippen LogP contribution is 2.35. The predicted octanol–water partition coefficient (Wildman–Crippen LogP) is 3.04. The monoisotopic (exact) mass is 475 g/mol. The van der Waals surface area contributed by atoms with E-state index >= 15 is 0 Å². The number of hydrogen-bond donors (Lipinski definition) is 1. The summed E-state index contributed by atoms with van der Waals surface area (Å²) in [6.07, 6.45) is 1.28. The van der Waals surface area contributed by atoms with E-state index in [1.165, 1.54) is 38.5 Å². The maximum atomic E-state index is 13.0. The molecule has 0 atom stereocenters. The predicted molar refractivity (Wildman–Crippen MR) is 109 cm³/mol. The van der Waals surface area contributed by atoms with Crippen molar-refractivity contribution in [3.05, 3.63) is 62.1 Å². The summed E-state index contributed by atoms with van der Waals surface area (Å²) < 4.78 is 10.9. The first-order chi connectivity index (χ1) is 14.3. The molecule has 1 saturated heterocycles. The van der Waals surface area contributed by atoms with E-state index < -0.39 is 22.8 Å². The fraction of sp³-hybridized carbons (Fsp3) is 0.105. The van der Waals surface area contributed by atoms with Gasteiger partial charge in [0.25, 0.3) is 17.5 Å². The molecule has 1 aliphatic rings. The van der Waals surface area contributed by atoms with Gasteiger partial charge in [0.15, 0.2) is 11.5 Å². The van der Waals surface area contributed by atoms with Crippen LogP contribution in [0, 0.1) is 10.1 Å². The average Bonchev–Trinajstić information content (AvgIpc) is 2.71. The molecule has 0 bridgehead atoms. The van der Waals surface area contributed by atoms with Gasteiger partial charge in [0.1, 0.15) is 5.57 Å². The number of rotatable bonds is 5. The Morgan fingerprint density at radius 1 is 1.10 bits per heavy atom. The van der Waals surface area contributed by atoms with Crippen LogP contribution >= 0.6 is 15.9 Å². The molecule has 2 aromatic rings. The van der Waals surface area contributed by atoms with Crippen LogP contribution in [0.4, 0.5) is 16.2 Å². The molecule has 1 N–H and O–H groups in total. The number of anilines is 1. The lowest BCUT2D eigenvalue weighted by Crippen LogP contribution is -2.54. The van der Waals surface area contributed by atoms with E-state index in [1.54, 1.807) is 12.1 Å². The zero-order valence-corrected chi connectivity index (χ0v) is 17.3. The van der Waals surface area contributed by atoms with Crippen LogP contribution in [0.25, 0.3) is 6.08 Å². The van der Waals surface area contributed by atoms with Gasteiger partial charge >= 0.3 is 6.03 Å². The third kappa shape index (κ3) is 3.87. The highest BCUT2D eigenvalue weighted by Gasteiger charge is 2.37. The number of methoxy groups -OCH3 is 2. The fourth-order valence-corrected chi connectivity index (χ4v) is 3.21. The molecule has 4 amide bonds. The Balaban J connectivity index is 2.07. The number of non-ortho nitro benzene ring substituents is 1. The number of benzene rings is 2. The molecule has 0 radical (unpaired) electrons. The Hall–Kier alpha value is -3.73. The van der Waals surface area contributed by atoms with Crippen molar-refractivity contribution in [3.8, 4) is 11.5 Å². The minimum Gasteiger partial charge on any atom is -0.493 e. The van der Waals surface area contributed by atoms with Crippen molar-refractivity contribution in [2.45, 2.75) is 0 Å². The molecule has 0 aromatic heterocycles. The van der Waals surface area contributed by atoms with Crippen LogP contribution in [-0.2, 0) is 9.59 Å². The van der Waals surface area contributed by atoms with Gasteiger partial charge in [0.2, 0.25) is 0 Å². The summed E-state index contributed by atoms with van der Waals surface area (Å²) in [7, 11) is 2.90. The molecule has 1 heterocycles. The zero-order chi connectivity index (χ0) is 22.0. The number of barbiturate groups is 1. The molecule has 3 rings (SSSR count). The molecule has 0 spiro atoms. The van der Waals surface area contributed by atoms with Gasteiger partial charge in [-0.2, -0.15) is 0 Å². The molecular weight excluding hydrogens is 462 g/mol. The number of nitrogens with one attached hydrogen (secondary N) is 1. The number of nitrogens with zero attached hydrogens (tertiary/aromatic N) is 2. The van der Waals surface area contributed by atoms with Gasteiger partial charge in [-0.3, -0.25) is 25.0 Å². The smallest absolute Gasteiger partial charge is 0.335 e. The molecule has 1 fully saturated rings. The summed E-state index contributed by atoms with van der Waals surface area (Å²) in [6.45, 7) is 0. The minimum absolute atomic E-state index is 0.0449. The molecule has 10 nitrogen and oxygen atoms in total. The average molecular weight is 476 g/mol. The fourth-order valence-electron chi connectivity index (χ4n) is 2.77. The van der Waals surface area contributed by atoms with Gasteiger partial charge in [-0.15, -0.1) is 0 Å².